The summed E-state index contributed by atoms with van der Waals surface area (Å²) >= 11 is -1.45. The zero-order chi connectivity index (χ0) is 17.8. The lowest BCUT2D eigenvalue weighted by Crippen LogP contribution is -2.48. The zero-order valence-corrected chi connectivity index (χ0v) is 15.3. The van der Waals surface area contributed by atoms with Crippen LogP contribution in [-0.4, -0.2) is 33.9 Å². The smallest absolute Gasteiger partial charge is 0.188 e. The van der Waals surface area contributed by atoms with Crippen LogP contribution >= 0.6 is 0 Å². The van der Waals surface area contributed by atoms with Gasteiger partial charge in [0.2, 0.25) is 0 Å². The van der Waals surface area contributed by atoms with Gasteiger partial charge < -0.3 is 19.1 Å². The van der Waals surface area contributed by atoms with Gasteiger partial charge in [0.1, 0.15) is 22.4 Å². The van der Waals surface area contributed by atoms with Crippen LogP contribution in [0.5, 0.6) is 5.75 Å². The normalized spacial score (nSPS) is 15.3. The lowest BCUT2D eigenvalue weighted by atomic mass is 9.92. The van der Waals surface area contributed by atoms with E-state index >= 15 is 0 Å². The van der Waals surface area contributed by atoms with E-state index in [1.165, 1.54) is 25.3 Å². The molecule has 1 unspecified atom stereocenters. The Morgan fingerprint density at radius 3 is 2.39 bits per heavy atom. The van der Waals surface area contributed by atoms with Crippen LogP contribution in [0.2, 0.25) is 0 Å². The highest BCUT2D eigenvalue weighted by Gasteiger charge is 2.38. The largest absolute Gasteiger partial charge is 0.598 e. The first-order chi connectivity index (χ1) is 10.5. The van der Waals surface area contributed by atoms with E-state index in [2.05, 4.69) is 4.72 Å². The maximum Gasteiger partial charge on any atom is 0.188 e. The van der Waals surface area contributed by atoms with Crippen LogP contribution in [0, 0.1) is 5.82 Å². The predicted molar refractivity (Wildman–Crippen MR) is 89.0 cm³/mol. The summed E-state index contributed by atoms with van der Waals surface area (Å²) in [5.74, 6) is -0.110. The fourth-order valence-electron chi connectivity index (χ4n) is 1.87. The van der Waals surface area contributed by atoms with Crippen molar-refractivity contribution in [3.8, 4) is 5.75 Å². The van der Waals surface area contributed by atoms with Crippen LogP contribution in [0.3, 0.4) is 0 Å². The Balaban J connectivity index is 3.24. The molecule has 0 aliphatic carbocycles. The summed E-state index contributed by atoms with van der Waals surface area (Å²) in [5.41, 5.74) is -0.910. The van der Waals surface area contributed by atoms with Gasteiger partial charge in [-0.15, -0.1) is 4.72 Å². The van der Waals surface area contributed by atoms with Gasteiger partial charge in [-0.2, -0.15) is 0 Å². The van der Waals surface area contributed by atoms with Crippen LogP contribution in [-0.2, 0) is 16.1 Å². The number of hydrogen-bond acceptors (Lipinski definition) is 5. The standard InChI is InChI=1S/C16H26FNO4S/c1-15(2,3)23(20)18-14(16(4,5)19)12-9-11(17)7-8-13(12)22-10-21-6/h7-9,14,18-19H,10H2,1-6H3/t14-,23?/m0/s1. The fourth-order valence-corrected chi connectivity index (χ4v) is 2.85. The molecule has 7 heteroatoms. The average molecular weight is 347 g/mol. The molecular weight excluding hydrogens is 321 g/mol. The van der Waals surface area contributed by atoms with Crippen LogP contribution < -0.4 is 9.46 Å². The van der Waals surface area contributed by atoms with Crippen molar-refractivity contribution >= 4 is 11.4 Å². The third-order valence-corrected chi connectivity index (χ3v) is 4.66. The summed E-state index contributed by atoms with van der Waals surface area (Å²) in [6, 6.07) is 3.20. The van der Waals surface area contributed by atoms with Gasteiger partial charge in [-0.3, -0.25) is 0 Å². The van der Waals surface area contributed by atoms with Crippen molar-refractivity contribution in [2.75, 3.05) is 13.9 Å². The van der Waals surface area contributed by atoms with Crippen LogP contribution in [0.4, 0.5) is 4.39 Å². The van der Waals surface area contributed by atoms with E-state index in [-0.39, 0.29) is 6.79 Å². The second kappa shape index (κ2) is 7.81. The lowest BCUT2D eigenvalue weighted by Gasteiger charge is -2.34. The summed E-state index contributed by atoms with van der Waals surface area (Å²) in [6.07, 6.45) is 0. The van der Waals surface area contributed by atoms with Gasteiger partial charge in [0.05, 0.1) is 5.60 Å². The molecule has 0 amide bonds. The molecule has 0 aromatic heterocycles. The summed E-state index contributed by atoms with van der Waals surface area (Å²) in [5, 5.41) is 10.5. The summed E-state index contributed by atoms with van der Waals surface area (Å²) in [6.45, 7) is 8.55. The van der Waals surface area contributed by atoms with E-state index < -0.39 is 33.6 Å². The molecule has 1 aromatic rings. The molecule has 0 saturated heterocycles. The molecule has 23 heavy (non-hydrogen) atoms. The number of hydrogen-bond donors (Lipinski definition) is 2. The minimum Gasteiger partial charge on any atom is -0.598 e. The number of benzene rings is 1. The Morgan fingerprint density at radius 2 is 1.91 bits per heavy atom. The van der Waals surface area contributed by atoms with Gasteiger partial charge in [0, 0.05) is 24.0 Å². The maximum atomic E-state index is 13.7. The zero-order valence-electron chi connectivity index (χ0n) is 14.5. The fraction of sp³-hybridized carbons (Fsp3) is 0.625. The van der Waals surface area contributed by atoms with Gasteiger partial charge >= 0.3 is 0 Å². The molecule has 0 bridgehead atoms. The van der Waals surface area contributed by atoms with Gasteiger partial charge in [-0.05, 0) is 52.8 Å². The number of methoxy groups -OCH3 is 1. The molecule has 0 aliphatic rings. The van der Waals surface area contributed by atoms with E-state index in [1.807, 2.05) is 20.8 Å². The summed E-state index contributed by atoms with van der Waals surface area (Å²) in [4.78, 5) is 0. The number of nitrogens with one attached hydrogen (secondary N) is 1. The van der Waals surface area contributed by atoms with E-state index in [9.17, 15) is 14.0 Å². The third-order valence-electron chi connectivity index (χ3n) is 3.10. The van der Waals surface area contributed by atoms with E-state index in [0.717, 1.165) is 0 Å². The Hall–Kier alpha value is -0.860. The molecule has 0 heterocycles. The molecule has 2 N–H and O–H groups in total. The molecule has 0 radical (unpaired) electrons. The number of aliphatic hydroxyl groups is 1. The first-order valence-electron chi connectivity index (χ1n) is 7.28. The molecule has 1 rings (SSSR count). The van der Waals surface area contributed by atoms with Crippen molar-refractivity contribution in [1.29, 1.82) is 0 Å². The van der Waals surface area contributed by atoms with Crippen molar-refractivity contribution in [2.24, 2.45) is 0 Å². The minimum absolute atomic E-state index is 0.0143. The van der Waals surface area contributed by atoms with Gasteiger partial charge in [-0.25, -0.2) is 4.39 Å². The van der Waals surface area contributed by atoms with Gasteiger partial charge in [0.25, 0.3) is 0 Å². The monoisotopic (exact) mass is 347 g/mol. The van der Waals surface area contributed by atoms with Gasteiger partial charge in [-0.1, -0.05) is 0 Å². The molecule has 0 spiro atoms. The van der Waals surface area contributed by atoms with Crippen molar-refractivity contribution in [3.05, 3.63) is 29.6 Å². The third kappa shape index (κ3) is 5.93. The highest BCUT2D eigenvalue weighted by Crippen LogP contribution is 2.35. The van der Waals surface area contributed by atoms with E-state index in [4.69, 9.17) is 9.47 Å². The highest BCUT2D eigenvalue weighted by atomic mass is 32.2. The lowest BCUT2D eigenvalue weighted by molar-refractivity contribution is 0.0349. The highest BCUT2D eigenvalue weighted by molar-refractivity contribution is 7.90. The number of halogens is 1. The Bertz CT molecular complexity index is 514. The van der Waals surface area contributed by atoms with E-state index in [1.54, 1.807) is 13.8 Å². The van der Waals surface area contributed by atoms with Crippen LogP contribution in [0.25, 0.3) is 0 Å². The first-order valence-corrected chi connectivity index (χ1v) is 8.43. The molecule has 2 atom stereocenters. The van der Waals surface area contributed by atoms with Crippen molar-refractivity contribution in [2.45, 2.75) is 51.0 Å². The number of rotatable bonds is 7. The maximum absolute atomic E-state index is 13.7. The SMILES string of the molecule is COCOc1ccc(F)cc1[C@H](N[S+]([O-])C(C)(C)C)C(C)(C)O. The number of ether oxygens (including phenoxy) is 2. The Morgan fingerprint density at radius 1 is 1.30 bits per heavy atom. The Kier molecular flexibility index (Phi) is 6.85. The molecule has 0 fully saturated rings. The second-order valence-electron chi connectivity index (χ2n) is 6.82. The Labute approximate surface area is 140 Å². The average Bonchev–Trinajstić information content (AvgIpc) is 2.40. The molecule has 0 saturated carbocycles. The van der Waals surface area contributed by atoms with Gasteiger partial charge in [0.15, 0.2) is 6.79 Å². The van der Waals surface area contributed by atoms with Crippen LogP contribution in [0.15, 0.2) is 18.2 Å². The van der Waals surface area contributed by atoms with Crippen molar-refractivity contribution in [3.63, 3.8) is 0 Å². The predicted octanol–water partition coefficient (Wildman–Crippen LogP) is 2.67. The van der Waals surface area contributed by atoms with Crippen molar-refractivity contribution in [1.82, 2.24) is 4.72 Å². The molecular formula is C16H26FNO4S. The van der Waals surface area contributed by atoms with Crippen LogP contribution in [0.1, 0.15) is 46.2 Å². The summed E-state index contributed by atoms with van der Waals surface area (Å²) < 4.78 is 38.8. The quantitative estimate of drug-likeness (QED) is 0.586. The molecule has 1 aromatic carbocycles. The minimum atomic E-state index is -1.45. The van der Waals surface area contributed by atoms with Crippen molar-refractivity contribution < 1.29 is 23.5 Å². The topological polar surface area (TPSA) is 73.8 Å². The molecule has 132 valence electrons. The second-order valence-corrected chi connectivity index (χ2v) is 8.82. The van der Waals surface area contributed by atoms with E-state index in [0.29, 0.717) is 11.3 Å². The first kappa shape index (κ1) is 20.2. The molecule has 5 nitrogen and oxygen atoms in total. The summed E-state index contributed by atoms with van der Waals surface area (Å²) in [7, 11) is 1.48. The molecule has 0 aliphatic heterocycles.